The van der Waals surface area contributed by atoms with Gasteiger partial charge in [0.05, 0.1) is 9.62 Å². The molecule has 1 aromatic rings. The van der Waals surface area contributed by atoms with E-state index < -0.39 is 0 Å². The highest BCUT2D eigenvalue weighted by Gasteiger charge is 2.22. The largest absolute Gasteiger partial charge is 0.387 e. The highest BCUT2D eigenvalue weighted by molar-refractivity contribution is 9.11. The van der Waals surface area contributed by atoms with Crippen LogP contribution in [0.4, 0.5) is 0 Å². The van der Waals surface area contributed by atoms with E-state index in [1.54, 1.807) is 11.3 Å². The van der Waals surface area contributed by atoms with Gasteiger partial charge in [-0.15, -0.1) is 11.3 Å². The summed E-state index contributed by atoms with van der Waals surface area (Å²) in [4.78, 5) is 3.77. The number of thiophene rings is 1. The highest BCUT2D eigenvalue weighted by Crippen LogP contribution is 2.25. The van der Waals surface area contributed by atoms with Gasteiger partial charge in [0.1, 0.15) is 0 Å². The Kier molecular flexibility index (Phi) is 4.00. The second-order valence-corrected chi connectivity index (χ2v) is 6.78. The first kappa shape index (κ1) is 12.1. The number of hydrogen-bond acceptors (Lipinski definition) is 3. The Balaban J connectivity index is 1.92. The molecule has 3 N–H and O–H groups in total. The average molecular weight is 302 g/mol. The number of halogens is 1. The van der Waals surface area contributed by atoms with Gasteiger partial charge in [-0.25, -0.2) is 0 Å². The van der Waals surface area contributed by atoms with E-state index in [-0.39, 0.29) is 5.92 Å². The molecule has 0 aliphatic carbocycles. The molecule has 0 amide bonds. The fourth-order valence-corrected chi connectivity index (χ4v) is 3.64. The minimum atomic E-state index is 0.261. The predicted molar refractivity (Wildman–Crippen MR) is 71.9 cm³/mol. The van der Waals surface area contributed by atoms with Gasteiger partial charge < -0.3 is 5.73 Å². The van der Waals surface area contributed by atoms with Crippen LogP contribution < -0.4 is 5.73 Å². The number of hydrogen-bond donors (Lipinski definition) is 2. The summed E-state index contributed by atoms with van der Waals surface area (Å²) in [6, 6.07) is 4.25. The third-order valence-corrected chi connectivity index (χ3v) is 4.56. The maximum Gasteiger partial charge on any atom is 0.0949 e. The lowest BCUT2D eigenvalue weighted by Gasteiger charge is -2.31. The van der Waals surface area contributed by atoms with Crippen LogP contribution in [-0.2, 0) is 6.54 Å². The molecule has 0 bridgehead atoms. The van der Waals surface area contributed by atoms with Crippen LogP contribution in [0.2, 0.25) is 0 Å². The summed E-state index contributed by atoms with van der Waals surface area (Å²) in [5.41, 5.74) is 5.58. The molecule has 0 aromatic carbocycles. The van der Waals surface area contributed by atoms with Crippen molar-refractivity contribution in [3.8, 4) is 0 Å². The van der Waals surface area contributed by atoms with E-state index in [0.29, 0.717) is 5.84 Å². The van der Waals surface area contributed by atoms with Crippen LogP contribution in [0.15, 0.2) is 15.9 Å². The lowest BCUT2D eigenvalue weighted by molar-refractivity contribution is 0.197. The van der Waals surface area contributed by atoms with E-state index >= 15 is 0 Å². The van der Waals surface area contributed by atoms with Gasteiger partial charge in [0.15, 0.2) is 0 Å². The molecular formula is C11H16BrN3S. The van der Waals surface area contributed by atoms with Crippen molar-refractivity contribution in [3.63, 3.8) is 0 Å². The van der Waals surface area contributed by atoms with Gasteiger partial charge in [0.2, 0.25) is 0 Å². The summed E-state index contributed by atoms with van der Waals surface area (Å²) in [6.45, 7) is 3.05. The van der Waals surface area contributed by atoms with E-state index in [1.807, 2.05) is 0 Å². The van der Waals surface area contributed by atoms with Gasteiger partial charge in [-0.05, 0) is 47.4 Å². The summed E-state index contributed by atoms with van der Waals surface area (Å²) < 4.78 is 1.18. The number of nitrogens with zero attached hydrogens (tertiary/aromatic N) is 1. The Hall–Kier alpha value is -0.390. The van der Waals surface area contributed by atoms with Crippen LogP contribution >= 0.6 is 27.3 Å². The summed E-state index contributed by atoms with van der Waals surface area (Å²) in [5, 5.41) is 7.51. The third-order valence-electron chi connectivity index (χ3n) is 2.95. The molecule has 2 rings (SSSR count). The first-order valence-electron chi connectivity index (χ1n) is 5.45. The molecule has 1 aliphatic rings. The second kappa shape index (κ2) is 5.29. The smallest absolute Gasteiger partial charge is 0.0949 e. The Labute approximate surface area is 108 Å². The molecule has 1 fully saturated rings. The molecule has 1 saturated heterocycles. The zero-order chi connectivity index (χ0) is 11.5. The minimum Gasteiger partial charge on any atom is -0.387 e. The van der Waals surface area contributed by atoms with E-state index in [9.17, 15) is 0 Å². The Morgan fingerprint density at radius 1 is 1.62 bits per heavy atom. The van der Waals surface area contributed by atoms with Crippen LogP contribution in [0.1, 0.15) is 17.7 Å². The minimum absolute atomic E-state index is 0.261. The van der Waals surface area contributed by atoms with Gasteiger partial charge >= 0.3 is 0 Å². The standard InChI is InChI=1S/C11H16BrN3S/c12-10-4-3-9(16-10)7-15-5-1-2-8(6-15)11(13)14/h3-4,8H,1-2,5-7H2,(H3,13,14). The number of piperidine rings is 1. The van der Waals surface area contributed by atoms with Gasteiger partial charge in [-0.3, -0.25) is 10.3 Å². The van der Waals surface area contributed by atoms with Gasteiger partial charge in [0, 0.05) is 23.9 Å². The van der Waals surface area contributed by atoms with Crippen molar-refractivity contribution in [1.29, 1.82) is 5.41 Å². The number of nitrogens with two attached hydrogens (primary N) is 1. The Morgan fingerprint density at radius 2 is 2.44 bits per heavy atom. The van der Waals surface area contributed by atoms with Crippen LogP contribution in [0.3, 0.4) is 0 Å². The summed E-state index contributed by atoms with van der Waals surface area (Å²) in [6.07, 6.45) is 2.22. The third kappa shape index (κ3) is 3.06. The topological polar surface area (TPSA) is 53.1 Å². The molecule has 88 valence electrons. The fourth-order valence-electron chi connectivity index (χ4n) is 2.11. The average Bonchev–Trinajstić information content (AvgIpc) is 2.64. The predicted octanol–water partition coefficient (Wildman–Crippen LogP) is 2.66. The number of amidine groups is 1. The Morgan fingerprint density at radius 3 is 3.06 bits per heavy atom. The van der Waals surface area contributed by atoms with Gasteiger partial charge in [-0.2, -0.15) is 0 Å². The lowest BCUT2D eigenvalue weighted by atomic mass is 9.97. The van der Waals surface area contributed by atoms with Crippen LogP contribution in [-0.4, -0.2) is 23.8 Å². The monoisotopic (exact) mass is 301 g/mol. The highest BCUT2D eigenvalue weighted by atomic mass is 79.9. The van der Waals surface area contributed by atoms with Gasteiger partial charge in [-0.1, -0.05) is 0 Å². The molecule has 2 heterocycles. The van der Waals surface area contributed by atoms with Crippen molar-refractivity contribution < 1.29 is 0 Å². The van der Waals surface area contributed by atoms with Crippen molar-refractivity contribution >= 4 is 33.1 Å². The quantitative estimate of drug-likeness (QED) is 0.666. The maximum atomic E-state index is 7.51. The van der Waals surface area contributed by atoms with E-state index in [1.165, 1.54) is 8.66 Å². The second-order valence-electron chi connectivity index (χ2n) is 4.24. The van der Waals surface area contributed by atoms with Crippen molar-refractivity contribution in [3.05, 3.63) is 20.8 Å². The first-order valence-corrected chi connectivity index (χ1v) is 7.06. The van der Waals surface area contributed by atoms with Crippen molar-refractivity contribution in [1.82, 2.24) is 4.90 Å². The molecule has 3 nitrogen and oxygen atoms in total. The summed E-state index contributed by atoms with van der Waals surface area (Å²) >= 11 is 5.26. The van der Waals surface area contributed by atoms with Crippen LogP contribution in [0.5, 0.6) is 0 Å². The molecule has 0 radical (unpaired) electrons. The number of rotatable bonds is 3. The van der Waals surface area contributed by atoms with E-state index in [0.717, 1.165) is 32.5 Å². The maximum absolute atomic E-state index is 7.51. The molecule has 16 heavy (non-hydrogen) atoms. The van der Waals surface area contributed by atoms with Crippen LogP contribution in [0, 0.1) is 11.3 Å². The molecule has 1 aromatic heterocycles. The SMILES string of the molecule is N=C(N)C1CCCN(Cc2ccc(Br)s2)C1. The van der Waals surface area contributed by atoms with Crippen molar-refractivity contribution in [2.75, 3.05) is 13.1 Å². The zero-order valence-corrected chi connectivity index (χ0v) is 11.5. The van der Waals surface area contributed by atoms with E-state index in [4.69, 9.17) is 11.1 Å². The van der Waals surface area contributed by atoms with Crippen molar-refractivity contribution in [2.24, 2.45) is 11.7 Å². The lowest BCUT2D eigenvalue weighted by Crippen LogP contribution is -2.40. The molecule has 1 atom stereocenters. The zero-order valence-electron chi connectivity index (χ0n) is 9.08. The summed E-state index contributed by atoms with van der Waals surface area (Å²) in [7, 11) is 0. The first-order chi connectivity index (χ1) is 7.65. The van der Waals surface area contributed by atoms with Gasteiger partial charge in [0.25, 0.3) is 0 Å². The van der Waals surface area contributed by atoms with Crippen LogP contribution in [0.25, 0.3) is 0 Å². The molecule has 0 spiro atoms. The molecular weight excluding hydrogens is 286 g/mol. The Bertz CT molecular complexity index is 377. The van der Waals surface area contributed by atoms with Crippen molar-refractivity contribution in [2.45, 2.75) is 19.4 Å². The summed E-state index contributed by atoms with van der Waals surface area (Å²) in [5.74, 6) is 0.606. The number of likely N-dealkylation sites (tertiary alicyclic amines) is 1. The molecule has 1 unspecified atom stereocenters. The molecule has 0 saturated carbocycles. The normalized spacial score (nSPS) is 22.2. The fraction of sp³-hybridized carbons (Fsp3) is 0.545. The number of nitrogens with one attached hydrogen (secondary N) is 1. The molecule has 1 aliphatic heterocycles. The van der Waals surface area contributed by atoms with E-state index in [2.05, 4.69) is 33.0 Å². The molecule has 5 heteroatoms.